The minimum atomic E-state index is -0.759. The Morgan fingerprint density at radius 3 is 2.30 bits per heavy atom. The number of aliphatic carboxylic acids is 1. The lowest BCUT2D eigenvalue weighted by Gasteiger charge is -2.30. The second-order valence-corrected chi connectivity index (χ2v) is 6.34. The van der Waals surface area contributed by atoms with E-state index in [1.54, 1.807) is 0 Å². The van der Waals surface area contributed by atoms with Gasteiger partial charge in [0, 0.05) is 18.5 Å². The van der Waals surface area contributed by atoms with Crippen LogP contribution in [-0.4, -0.2) is 23.5 Å². The summed E-state index contributed by atoms with van der Waals surface area (Å²) >= 11 is 0. The van der Waals surface area contributed by atoms with E-state index in [1.807, 2.05) is 19.9 Å². The van der Waals surface area contributed by atoms with Crippen LogP contribution in [0.2, 0.25) is 0 Å². The number of rotatable bonds is 8. The Balaban J connectivity index is 4.31. The summed E-state index contributed by atoms with van der Waals surface area (Å²) in [5, 5.41) is 11.7. The molecule has 1 amide bonds. The molecular weight excluding hydrogens is 254 g/mol. The Morgan fingerprint density at radius 2 is 1.85 bits per heavy atom. The zero-order valence-electron chi connectivity index (χ0n) is 13.5. The van der Waals surface area contributed by atoms with Crippen molar-refractivity contribution in [3.63, 3.8) is 0 Å². The molecule has 1 unspecified atom stereocenters. The van der Waals surface area contributed by atoms with E-state index in [2.05, 4.69) is 26.1 Å². The molecule has 0 fully saturated rings. The first kappa shape index (κ1) is 18.7. The van der Waals surface area contributed by atoms with Gasteiger partial charge in [-0.05, 0) is 37.5 Å². The van der Waals surface area contributed by atoms with E-state index in [0.29, 0.717) is 13.0 Å². The normalized spacial score (nSPS) is 13.9. The standard InChI is InChI=1S/C16H29NO3/c1-6-7-12(2)15(20)17-11-10-13(16(3,4)5)8-9-14(18)19/h7,13H,6,8-11H2,1-5H3,(H,17,20)(H,18,19). The van der Waals surface area contributed by atoms with Crippen LogP contribution in [0.15, 0.2) is 11.6 Å². The van der Waals surface area contributed by atoms with Crippen LogP contribution in [-0.2, 0) is 9.59 Å². The van der Waals surface area contributed by atoms with Crippen LogP contribution in [0.1, 0.15) is 60.3 Å². The van der Waals surface area contributed by atoms with Crippen LogP contribution < -0.4 is 5.32 Å². The van der Waals surface area contributed by atoms with Gasteiger partial charge in [-0.15, -0.1) is 0 Å². The molecule has 0 saturated carbocycles. The molecule has 4 nitrogen and oxygen atoms in total. The average molecular weight is 283 g/mol. The first-order valence-corrected chi connectivity index (χ1v) is 7.35. The Kier molecular flexibility index (Phi) is 8.19. The summed E-state index contributed by atoms with van der Waals surface area (Å²) in [6, 6.07) is 0. The highest BCUT2D eigenvalue weighted by Crippen LogP contribution is 2.32. The van der Waals surface area contributed by atoms with E-state index in [1.165, 1.54) is 0 Å². The molecule has 0 saturated heterocycles. The maximum atomic E-state index is 11.8. The fourth-order valence-electron chi connectivity index (χ4n) is 2.21. The smallest absolute Gasteiger partial charge is 0.303 e. The van der Waals surface area contributed by atoms with E-state index in [9.17, 15) is 9.59 Å². The third-order valence-electron chi connectivity index (χ3n) is 3.58. The molecule has 2 N–H and O–H groups in total. The van der Waals surface area contributed by atoms with Gasteiger partial charge in [-0.25, -0.2) is 0 Å². The third kappa shape index (κ3) is 7.97. The summed E-state index contributed by atoms with van der Waals surface area (Å²) in [7, 11) is 0. The first-order valence-electron chi connectivity index (χ1n) is 7.35. The summed E-state index contributed by atoms with van der Waals surface area (Å²) in [5.41, 5.74) is 0.791. The first-order chi connectivity index (χ1) is 9.18. The number of nitrogens with one attached hydrogen (secondary N) is 1. The highest BCUT2D eigenvalue weighted by atomic mass is 16.4. The fourth-order valence-corrected chi connectivity index (χ4v) is 2.21. The molecule has 0 bridgehead atoms. The minimum absolute atomic E-state index is 0.0299. The molecule has 116 valence electrons. The van der Waals surface area contributed by atoms with Gasteiger partial charge < -0.3 is 10.4 Å². The van der Waals surface area contributed by atoms with Crippen molar-refractivity contribution in [3.8, 4) is 0 Å². The zero-order valence-corrected chi connectivity index (χ0v) is 13.5. The number of allylic oxidation sites excluding steroid dienone is 1. The second kappa shape index (κ2) is 8.77. The molecular formula is C16H29NO3. The largest absolute Gasteiger partial charge is 0.481 e. The zero-order chi connectivity index (χ0) is 15.8. The SMILES string of the molecule is CCC=C(C)C(=O)NCCC(CCC(=O)O)C(C)(C)C. The highest BCUT2D eigenvalue weighted by Gasteiger charge is 2.24. The van der Waals surface area contributed by atoms with Crippen molar-refractivity contribution in [1.82, 2.24) is 5.32 Å². The Bertz CT molecular complexity index is 353. The maximum Gasteiger partial charge on any atom is 0.303 e. The number of hydrogen-bond donors (Lipinski definition) is 2. The van der Waals surface area contributed by atoms with Gasteiger partial charge in [-0.3, -0.25) is 9.59 Å². The topological polar surface area (TPSA) is 66.4 Å². The van der Waals surface area contributed by atoms with Gasteiger partial charge in [0.15, 0.2) is 0 Å². The van der Waals surface area contributed by atoms with Crippen molar-refractivity contribution in [3.05, 3.63) is 11.6 Å². The van der Waals surface area contributed by atoms with E-state index in [4.69, 9.17) is 5.11 Å². The predicted molar refractivity (Wildman–Crippen MR) is 81.5 cm³/mol. The van der Waals surface area contributed by atoms with Crippen LogP contribution in [0.25, 0.3) is 0 Å². The molecule has 0 aliphatic carbocycles. The van der Waals surface area contributed by atoms with Crippen molar-refractivity contribution < 1.29 is 14.7 Å². The summed E-state index contributed by atoms with van der Waals surface area (Å²) in [4.78, 5) is 22.5. The Morgan fingerprint density at radius 1 is 1.25 bits per heavy atom. The number of carbonyl (C=O) groups excluding carboxylic acids is 1. The van der Waals surface area contributed by atoms with Gasteiger partial charge >= 0.3 is 5.97 Å². The number of carboxylic acid groups (broad SMARTS) is 1. The maximum absolute atomic E-state index is 11.8. The average Bonchev–Trinajstić information content (AvgIpc) is 2.31. The highest BCUT2D eigenvalue weighted by molar-refractivity contribution is 5.92. The molecule has 0 heterocycles. The van der Waals surface area contributed by atoms with E-state index in [0.717, 1.165) is 18.4 Å². The second-order valence-electron chi connectivity index (χ2n) is 6.34. The molecule has 0 aromatic heterocycles. The summed E-state index contributed by atoms with van der Waals surface area (Å²) < 4.78 is 0. The Hall–Kier alpha value is -1.32. The monoisotopic (exact) mass is 283 g/mol. The van der Waals surface area contributed by atoms with E-state index >= 15 is 0 Å². The molecule has 20 heavy (non-hydrogen) atoms. The number of amides is 1. The number of carbonyl (C=O) groups is 2. The summed E-state index contributed by atoms with van der Waals surface area (Å²) in [6.07, 6.45) is 4.40. The van der Waals surface area contributed by atoms with Gasteiger partial charge in [0.1, 0.15) is 0 Å². The van der Waals surface area contributed by atoms with Gasteiger partial charge in [-0.2, -0.15) is 0 Å². The molecule has 0 spiro atoms. The molecule has 0 aliphatic heterocycles. The van der Waals surface area contributed by atoms with Gasteiger partial charge in [0.05, 0.1) is 0 Å². The van der Waals surface area contributed by atoms with Crippen LogP contribution in [0.5, 0.6) is 0 Å². The number of hydrogen-bond acceptors (Lipinski definition) is 2. The lowest BCUT2D eigenvalue weighted by Crippen LogP contribution is -2.30. The van der Waals surface area contributed by atoms with Crippen LogP contribution in [0.4, 0.5) is 0 Å². The van der Waals surface area contributed by atoms with Crippen molar-refractivity contribution in [2.45, 2.75) is 60.3 Å². The summed E-state index contributed by atoms with van der Waals surface area (Å²) in [5.74, 6) is -0.503. The van der Waals surface area contributed by atoms with Crippen molar-refractivity contribution in [2.24, 2.45) is 11.3 Å². The minimum Gasteiger partial charge on any atom is -0.481 e. The summed E-state index contributed by atoms with van der Waals surface area (Å²) in [6.45, 7) is 10.7. The molecule has 0 rings (SSSR count). The lowest BCUT2D eigenvalue weighted by atomic mass is 9.76. The molecule has 0 aromatic rings. The van der Waals surface area contributed by atoms with Crippen LogP contribution >= 0.6 is 0 Å². The van der Waals surface area contributed by atoms with Crippen molar-refractivity contribution >= 4 is 11.9 Å². The van der Waals surface area contributed by atoms with Gasteiger partial charge in [-0.1, -0.05) is 33.8 Å². The van der Waals surface area contributed by atoms with Crippen LogP contribution in [0.3, 0.4) is 0 Å². The third-order valence-corrected chi connectivity index (χ3v) is 3.58. The van der Waals surface area contributed by atoms with Crippen LogP contribution in [0, 0.1) is 11.3 Å². The van der Waals surface area contributed by atoms with E-state index in [-0.39, 0.29) is 23.7 Å². The van der Waals surface area contributed by atoms with Crippen molar-refractivity contribution in [2.75, 3.05) is 6.54 Å². The Labute approximate surface area is 122 Å². The molecule has 1 atom stereocenters. The van der Waals surface area contributed by atoms with Gasteiger partial charge in [0.2, 0.25) is 5.91 Å². The van der Waals surface area contributed by atoms with E-state index < -0.39 is 5.97 Å². The molecule has 0 aliphatic rings. The fraction of sp³-hybridized carbons (Fsp3) is 0.750. The van der Waals surface area contributed by atoms with Crippen molar-refractivity contribution in [1.29, 1.82) is 0 Å². The molecule has 0 radical (unpaired) electrons. The lowest BCUT2D eigenvalue weighted by molar-refractivity contribution is -0.137. The number of carboxylic acids is 1. The molecule has 0 aromatic carbocycles. The van der Waals surface area contributed by atoms with Gasteiger partial charge in [0.25, 0.3) is 0 Å². The molecule has 4 heteroatoms. The predicted octanol–water partition coefficient (Wildman–Crippen LogP) is 3.38. The quantitative estimate of drug-likeness (QED) is 0.671.